The molecule has 0 aromatic heterocycles. The average Bonchev–Trinajstić information content (AvgIpc) is 2.51. The van der Waals surface area contributed by atoms with Crippen molar-refractivity contribution < 1.29 is 14.0 Å². The number of rotatable bonds is 7. The summed E-state index contributed by atoms with van der Waals surface area (Å²) >= 11 is 0. The first-order valence-electron chi connectivity index (χ1n) is 9.45. The van der Waals surface area contributed by atoms with Crippen LogP contribution in [0, 0.1) is 5.92 Å². The van der Waals surface area contributed by atoms with E-state index in [1.807, 2.05) is 42.2 Å². The van der Waals surface area contributed by atoms with Crippen LogP contribution in [0.25, 0.3) is 0 Å². The number of ketones is 1. The molecule has 3 atom stereocenters. The zero-order chi connectivity index (χ0) is 19.7. The first kappa shape index (κ1) is 20.8. The minimum absolute atomic E-state index is 0.0695. The SMILES string of the molecule is CC(=O)C[C@@H]1[C@@H]([C@@H](C)O[Si](C)(C)C(C)(C)C)C(=O)N1Cc1ccccc1. The van der Waals surface area contributed by atoms with Gasteiger partial charge in [-0.3, -0.25) is 9.59 Å². The Kier molecular flexibility index (Phi) is 6.13. The molecule has 5 heteroatoms. The van der Waals surface area contributed by atoms with Gasteiger partial charge in [-0.25, -0.2) is 0 Å². The van der Waals surface area contributed by atoms with E-state index in [-0.39, 0.29) is 34.8 Å². The quantitative estimate of drug-likeness (QED) is 0.524. The summed E-state index contributed by atoms with van der Waals surface area (Å²) in [6.45, 7) is 15.1. The second-order valence-electron chi connectivity index (χ2n) is 9.03. The largest absolute Gasteiger partial charge is 0.413 e. The predicted octanol–water partition coefficient (Wildman–Crippen LogP) is 4.40. The van der Waals surface area contributed by atoms with E-state index < -0.39 is 8.32 Å². The van der Waals surface area contributed by atoms with Gasteiger partial charge in [-0.05, 0) is 37.5 Å². The Morgan fingerprint density at radius 2 is 1.81 bits per heavy atom. The monoisotopic (exact) mass is 375 g/mol. The van der Waals surface area contributed by atoms with Gasteiger partial charge in [-0.1, -0.05) is 51.1 Å². The number of carbonyl (C=O) groups is 2. The molecule has 1 aromatic rings. The van der Waals surface area contributed by atoms with Gasteiger partial charge in [0.2, 0.25) is 5.91 Å². The number of β-lactam (4-membered cyclic amide) rings is 1. The molecule has 0 N–H and O–H groups in total. The summed E-state index contributed by atoms with van der Waals surface area (Å²) in [7, 11) is -1.96. The fourth-order valence-corrected chi connectivity index (χ4v) is 4.80. The van der Waals surface area contributed by atoms with Crippen molar-refractivity contribution in [2.45, 2.75) is 77.9 Å². The number of likely N-dealkylation sites (tertiary alicyclic amines) is 1. The Hall–Kier alpha value is -1.46. The van der Waals surface area contributed by atoms with Gasteiger partial charge in [0.1, 0.15) is 5.78 Å². The number of amides is 1. The van der Waals surface area contributed by atoms with Crippen molar-refractivity contribution in [2.75, 3.05) is 0 Å². The topological polar surface area (TPSA) is 46.6 Å². The lowest BCUT2D eigenvalue weighted by molar-refractivity contribution is -0.165. The molecule has 26 heavy (non-hydrogen) atoms. The maximum Gasteiger partial charge on any atom is 0.230 e. The van der Waals surface area contributed by atoms with E-state index in [9.17, 15) is 9.59 Å². The van der Waals surface area contributed by atoms with E-state index in [1.54, 1.807) is 6.92 Å². The van der Waals surface area contributed by atoms with Crippen LogP contribution in [-0.4, -0.2) is 37.1 Å². The van der Waals surface area contributed by atoms with Crippen molar-refractivity contribution >= 4 is 20.0 Å². The first-order valence-corrected chi connectivity index (χ1v) is 12.4. The van der Waals surface area contributed by atoms with Gasteiger partial charge in [0.25, 0.3) is 0 Å². The van der Waals surface area contributed by atoms with Crippen LogP contribution in [0.15, 0.2) is 30.3 Å². The van der Waals surface area contributed by atoms with E-state index in [0.717, 1.165) is 5.56 Å². The van der Waals surface area contributed by atoms with Crippen molar-refractivity contribution in [2.24, 2.45) is 5.92 Å². The molecule has 1 aliphatic heterocycles. The van der Waals surface area contributed by atoms with Crippen LogP contribution >= 0.6 is 0 Å². The summed E-state index contributed by atoms with van der Waals surface area (Å²) in [6.07, 6.45) is 0.230. The average molecular weight is 376 g/mol. The highest BCUT2D eigenvalue weighted by Crippen LogP contribution is 2.41. The fraction of sp³-hybridized carbons (Fsp3) is 0.619. The summed E-state index contributed by atoms with van der Waals surface area (Å²) in [6, 6.07) is 9.87. The van der Waals surface area contributed by atoms with E-state index >= 15 is 0 Å². The molecule has 0 bridgehead atoms. The zero-order valence-corrected chi connectivity index (χ0v) is 18.2. The van der Waals surface area contributed by atoms with Crippen LogP contribution < -0.4 is 0 Å². The molecule has 1 aromatic carbocycles. The minimum Gasteiger partial charge on any atom is -0.413 e. The summed E-state index contributed by atoms with van der Waals surface area (Å²) < 4.78 is 6.47. The molecule has 0 radical (unpaired) electrons. The molecule has 2 rings (SSSR count). The lowest BCUT2D eigenvalue weighted by Gasteiger charge is -2.51. The summed E-state index contributed by atoms with van der Waals surface area (Å²) in [5.74, 6) is -0.00635. The minimum atomic E-state index is -1.96. The highest BCUT2D eigenvalue weighted by molar-refractivity contribution is 6.74. The van der Waals surface area contributed by atoms with Crippen LogP contribution in [-0.2, 0) is 20.6 Å². The molecular weight excluding hydrogens is 342 g/mol. The number of hydrogen-bond donors (Lipinski definition) is 0. The zero-order valence-electron chi connectivity index (χ0n) is 17.2. The molecular formula is C21H33NO3Si. The molecule has 1 fully saturated rings. The van der Waals surface area contributed by atoms with Crippen molar-refractivity contribution in [3.8, 4) is 0 Å². The Morgan fingerprint density at radius 1 is 1.23 bits per heavy atom. The third-order valence-electron chi connectivity index (χ3n) is 5.87. The van der Waals surface area contributed by atoms with Gasteiger partial charge in [-0.2, -0.15) is 0 Å². The Balaban J connectivity index is 2.14. The lowest BCUT2D eigenvalue weighted by atomic mass is 9.80. The second-order valence-corrected chi connectivity index (χ2v) is 13.8. The highest BCUT2D eigenvalue weighted by Gasteiger charge is 2.52. The lowest BCUT2D eigenvalue weighted by Crippen LogP contribution is -2.65. The number of carbonyl (C=O) groups excluding carboxylic acids is 2. The van der Waals surface area contributed by atoms with Crippen molar-refractivity contribution in [3.63, 3.8) is 0 Å². The van der Waals surface area contributed by atoms with Gasteiger partial charge in [0, 0.05) is 13.0 Å². The maximum atomic E-state index is 12.9. The summed E-state index contributed by atoms with van der Waals surface area (Å²) in [5.41, 5.74) is 1.09. The van der Waals surface area contributed by atoms with E-state index in [2.05, 4.69) is 33.9 Å². The standard InChI is InChI=1S/C21H33NO3Si/c1-15(23)13-18-19(16(2)25-26(6,7)21(3,4)5)20(24)22(18)14-17-11-9-8-10-12-17/h8-12,16,18-19H,13-14H2,1-7H3/t16-,18-,19-/m1/s1. The molecule has 1 aliphatic rings. The smallest absolute Gasteiger partial charge is 0.230 e. The Morgan fingerprint density at radius 3 is 2.31 bits per heavy atom. The van der Waals surface area contributed by atoms with E-state index in [4.69, 9.17) is 4.43 Å². The molecule has 0 saturated carbocycles. The van der Waals surface area contributed by atoms with Gasteiger partial charge < -0.3 is 9.33 Å². The van der Waals surface area contributed by atoms with Gasteiger partial charge in [0.15, 0.2) is 8.32 Å². The molecule has 4 nitrogen and oxygen atoms in total. The fourth-order valence-electron chi connectivity index (χ4n) is 3.37. The number of benzene rings is 1. The molecule has 144 valence electrons. The van der Waals surface area contributed by atoms with Crippen LogP contribution in [0.4, 0.5) is 0 Å². The van der Waals surface area contributed by atoms with Gasteiger partial charge in [-0.15, -0.1) is 0 Å². The second kappa shape index (κ2) is 7.65. The maximum absolute atomic E-state index is 12.9. The van der Waals surface area contributed by atoms with Crippen molar-refractivity contribution in [1.29, 1.82) is 0 Å². The predicted molar refractivity (Wildman–Crippen MR) is 107 cm³/mol. The molecule has 1 amide bonds. The third-order valence-corrected chi connectivity index (χ3v) is 10.4. The van der Waals surface area contributed by atoms with Crippen molar-refractivity contribution in [1.82, 2.24) is 4.90 Å². The molecule has 0 unspecified atom stereocenters. The van der Waals surface area contributed by atoms with Crippen LogP contribution in [0.3, 0.4) is 0 Å². The number of Topliss-reactive ketones (excluding diaryl/α,β-unsaturated/α-hetero) is 1. The third kappa shape index (κ3) is 4.44. The summed E-state index contributed by atoms with van der Waals surface area (Å²) in [5, 5.41) is 0.0911. The molecule has 1 saturated heterocycles. The summed E-state index contributed by atoms with van der Waals surface area (Å²) in [4.78, 5) is 26.5. The van der Waals surface area contributed by atoms with Crippen LogP contribution in [0.2, 0.25) is 18.1 Å². The normalized spacial score (nSPS) is 22.1. The van der Waals surface area contributed by atoms with Gasteiger partial charge in [0.05, 0.1) is 18.1 Å². The van der Waals surface area contributed by atoms with Crippen molar-refractivity contribution in [3.05, 3.63) is 35.9 Å². The number of hydrogen-bond acceptors (Lipinski definition) is 3. The Labute approximate surface area is 159 Å². The highest BCUT2D eigenvalue weighted by atomic mass is 28.4. The first-order chi connectivity index (χ1) is 11.9. The van der Waals surface area contributed by atoms with Crippen LogP contribution in [0.1, 0.15) is 46.6 Å². The van der Waals surface area contributed by atoms with E-state index in [1.165, 1.54) is 0 Å². The van der Waals surface area contributed by atoms with Crippen LogP contribution in [0.5, 0.6) is 0 Å². The molecule has 1 heterocycles. The molecule has 0 spiro atoms. The van der Waals surface area contributed by atoms with Gasteiger partial charge >= 0.3 is 0 Å². The van der Waals surface area contributed by atoms with E-state index in [0.29, 0.717) is 13.0 Å². The Bertz CT molecular complexity index is 651. The number of nitrogens with zero attached hydrogens (tertiary/aromatic N) is 1. The molecule has 0 aliphatic carbocycles.